The van der Waals surface area contributed by atoms with Crippen LogP contribution in [-0.2, 0) is 0 Å². The zero-order valence-electron chi connectivity index (χ0n) is 9.50. The lowest BCUT2D eigenvalue weighted by Crippen LogP contribution is -2.36. The highest BCUT2D eigenvalue weighted by Gasteiger charge is 2.29. The van der Waals surface area contributed by atoms with E-state index < -0.39 is 0 Å². The normalized spacial score (nSPS) is 14.9. The smallest absolute Gasteiger partial charge is 0.276 e. The first kappa shape index (κ1) is 12.1. The van der Waals surface area contributed by atoms with Crippen molar-refractivity contribution in [3.05, 3.63) is 17.5 Å². The standard InChI is InChI=1S/C11H16N2O4/c14-5-3-13(4-6-15)11(16)9-7-10(17-12-9)8-1-2-8/h7-8,14-15H,1-6H2. The van der Waals surface area contributed by atoms with Gasteiger partial charge in [0.2, 0.25) is 0 Å². The lowest BCUT2D eigenvalue weighted by atomic mass is 10.2. The molecule has 1 amide bonds. The Kier molecular flexibility index (Phi) is 3.75. The summed E-state index contributed by atoms with van der Waals surface area (Å²) in [5, 5.41) is 21.4. The summed E-state index contributed by atoms with van der Waals surface area (Å²) in [4.78, 5) is 13.3. The van der Waals surface area contributed by atoms with Gasteiger partial charge in [0.05, 0.1) is 13.2 Å². The Morgan fingerprint density at radius 2 is 2.06 bits per heavy atom. The molecule has 1 aliphatic rings. The van der Waals surface area contributed by atoms with Crippen molar-refractivity contribution in [3.63, 3.8) is 0 Å². The van der Waals surface area contributed by atoms with Gasteiger partial charge in [0.15, 0.2) is 5.69 Å². The number of aliphatic hydroxyl groups excluding tert-OH is 2. The summed E-state index contributed by atoms with van der Waals surface area (Å²) in [5.41, 5.74) is 0.244. The molecule has 6 heteroatoms. The maximum Gasteiger partial charge on any atom is 0.276 e. The fourth-order valence-corrected chi connectivity index (χ4v) is 1.67. The van der Waals surface area contributed by atoms with Crippen molar-refractivity contribution in [1.29, 1.82) is 0 Å². The number of hydrogen-bond acceptors (Lipinski definition) is 5. The largest absolute Gasteiger partial charge is 0.395 e. The Bertz CT molecular complexity index is 381. The van der Waals surface area contributed by atoms with Crippen molar-refractivity contribution in [2.24, 2.45) is 0 Å². The van der Waals surface area contributed by atoms with Crippen molar-refractivity contribution in [1.82, 2.24) is 10.1 Å². The van der Waals surface area contributed by atoms with Crippen molar-refractivity contribution in [2.45, 2.75) is 18.8 Å². The van der Waals surface area contributed by atoms with E-state index in [0.29, 0.717) is 5.92 Å². The maximum atomic E-state index is 12.0. The molecule has 94 valence electrons. The third-order valence-electron chi connectivity index (χ3n) is 2.75. The molecule has 0 saturated heterocycles. The second-order valence-corrected chi connectivity index (χ2v) is 4.13. The molecule has 1 aromatic heterocycles. The second kappa shape index (κ2) is 5.29. The molecule has 0 spiro atoms. The van der Waals surface area contributed by atoms with E-state index in [9.17, 15) is 4.79 Å². The molecule has 1 fully saturated rings. The van der Waals surface area contributed by atoms with Crippen LogP contribution in [0.2, 0.25) is 0 Å². The van der Waals surface area contributed by atoms with Gasteiger partial charge >= 0.3 is 0 Å². The fraction of sp³-hybridized carbons (Fsp3) is 0.636. The summed E-state index contributed by atoms with van der Waals surface area (Å²) in [6.45, 7) is 0.0914. The number of amides is 1. The molecule has 0 radical (unpaired) electrons. The molecule has 6 nitrogen and oxygen atoms in total. The molecular weight excluding hydrogens is 224 g/mol. The zero-order chi connectivity index (χ0) is 12.3. The van der Waals surface area contributed by atoms with Gasteiger partial charge in [-0.15, -0.1) is 0 Å². The Hall–Kier alpha value is -1.40. The minimum Gasteiger partial charge on any atom is -0.395 e. The summed E-state index contributed by atoms with van der Waals surface area (Å²) in [6, 6.07) is 1.65. The van der Waals surface area contributed by atoms with Crippen LogP contribution in [0, 0.1) is 0 Å². The van der Waals surface area contributed by atoms with Gasteiger partial charge in [-0.05, 0) is 12.8 Å². The Balaban J connectivity index is 2.04. The lowest BCUT2D eigenvalue weighted by Gasteiger charge is -2.18. The van der Waals surface area contributed by atoms with Gasteiger partial charge in [-0.3, -0.25) is 4.79 Å². The summed E-state index contributed by atoms with van der Waals surface area (Å²) in [5.74, 6) is 0.846. The number of aliphatic hydroxyl groups is 2. The van der Waals surface area contributed by atoms with Crippen LogP contribution in [0.4, 0.5) is 0 Å². The first-order valence-corrected chi connectivity index (χ1v) is 5.74. The van der Waals surface area contributed by atoms with Gasteiger partial charge in [-0.25, -0.2) is 0 Å². The minimum absolute atomic E-state index is 0.140. The molecule has 0 atom stereocenters. The number of nitrogens with zero attached hydrogens (tertiary/aromatic N) is 2. The highest BCUT2D eigenvalue weighted by atomic mass is 16.5. The van der Waals surface area contributed by atoms with Gasteiger partial charge < -0.3 is 19.6 Å². The quantitative estimate of drug-likeness (QED) is 0.729. The number of hydrogen-bond donors (Lipinski definition) is 2. The van der Waals surface area contributed by atoms with Crippen LogP contribution in [0.3, 0.4) is 0 Å². The molecule has 0 aliphatic heterocycles. The Morgan fingerprint density at radius 3 is 2.59 bits per heavy atom. The monoisotopic (exact) mass is 240 g/mol. The molecule has 1 aromatic rings. The van der Waals surface area contributed by atoms with Crippen LogP contribution in [-0.4, -0.2) is 52.5 Å². The molecule has 1 heterocycles. The van der Waals surface area contributed by atoms with E-state index in [4.69, 9.17) is 14.7 Å². The summed E-state index contributed by atoms with van der Waals surface area (Å²) < 4.78 is 5.09. The average molecular weight is 240 g/mol. The van der Waals surface area contributed by atoms with Crippen molar-refractivity contribution < 1.29 is 19.5 Å². The van der Waals surface area contributed by atoms with Crippen LogP contribution < -0.4 is 0 Å². The summed E-state index contributed by atoms with van der Waals surface area (Å²) in [6.07, 6.45) is 2.17. The summed E-state index contributed by atoms with van der Waals surface area (Å²) >= 11 is 0. The van der Waals surface area contributed by atoms with Crippen molar-refractivity contribution in [2.75, 3.05) is 26.3 Å². The van der Waals surface area contributed by atoms with E-state index in [2.05, 4.69) is 5.16 Å². The second-order valence-electron chi connectivity index (χ2n) is 4.13. The number of aromatic nitrogens is 1. The molecule has 2 rings (SSSR count). The molecular formula is C11H16N2O4. The van der Waals surface area contributed by atoms with E-state index in [1.54, 1.807) is 6.07 Å². The maximum absolute atomic E-state index is 12.0. The molecule has 0 unspecified atom stereocenters. The Morgan fingerprint density at radius 1 is 1.41 bits per heavy atom. The number of rotatable bonds is 6. The van der Waals surface area contributed by atoms with E-state index in [-0.39, 0.29) is 37.9 Å². The average Bonchev–Trinajstić information content (AvgIpc) is 3.06. The van der Waals surface area contributed by atoms with Crippen LogP contribution in [0.5, 0.6) is 0 Å². The topological polar surface area (TPSA) is 86.8 Å². The molecule has 0 aromatic carbocycles. The number of carbonyl (C=O) groups excluding carboxylic acids is 1. The molecule has 0 bridgehead atoms. The van der Waals surface area contributed by atoms with Gasteiger partial charge in [-0.1, -0.05) is 5.16 Å². The first-order chi connectivity index (χ1) is 8.26. The van der Waals surface area contributed by atoms with Crippen LogP contribution >= 0.6 is 0 Å². The third-order valence-corrected chi connectivity index (χ3v) is 2.75. The highest BCUT2D eigenvalue weighted by Crippen LogP contribution is 2.40. The number of carbonyl (C=O) groups is 1. The zero-order valence-corrected chi connectivity index (χ0v) is 9.50. The van der Waals surface area contributed by atoms with Gasteiger partial charge in [0.25, 0.3) is 5.91 Å². The predicted octanol–water partition coefficient (Wildman–Crippen LogP) is -0.0212. The van der Waals surface area contributed by atoms with E-state index in [0.717, 1.165) is 18.6 Å². The van der Waals surface area contributed by atoms with Crippen LogP contribution in [0.1, 0.15) is 35.0 Å². The third kappa shape index (κ3) is 2.83. The highest BCUT2D eigenvalue weighted by molar-refractivity contribution is 5.92. The molecule has 1 saturated carbocycles. The minimum atomic E-state index is -0.316. The molecule has 17 heavy (non-hydrogen) atoms. The van der Waals surface area contributed by atoms with Gasteiger partial charge in [0, 0.05) is 25.1 Å². The van der Waals surface area contributed by atoms with Gasteiger partial charge in [0.1, 0.15) is 5.76 Å². The molecule has 2 N–H and O–H groups in total. The van der Waals surface area contributed by atoms with Crippen molar-refractivity contribution in [3.8, 4) is 0 Å². The van der Waals surface area contributed by atoms with E-state index >= 15 is 0 Å². The van der Waals surface area contributed by atoms with E-state index in [1.807, 2.05) is 0 Å². The van der Waals surface area contributed by atoms with Crippen LogP contribution in [0.25, 0.3) is 0 Å². The predicted molar refractivity (Wildman–Crippen MR) is 58.6 cm³/mol. The van der Waals surface area contributed by atoms with E-state index in [1.165, 1.54) is 4.90 Å². The van der Waals surface area contributed by atoms with Crippen LogP contribution in [0.15, 0.2) is 10.6 Å². The lowest BCUT2D eigenvalue weighted by molar-refractivity contribution is 0.0674. The summed E-state index contributed by atoms with van der Waals surface area (Å²) in [7, 11) is 0. The SMILES string of the molecule is O=C(c1cc(C2CC2)on1)N(CCO)CCO. The first-order valence-electron chi connectivity index (χ1n) is 5.74. The molecule has 1 aliphatic carbocycles. The van der Waals surface area contributed by atoms with Gasteiger partial charge in [-0.2, -0.15) is 0 Å². The fourth-order valence-electron chi connectivity index (χ4n) is 1.67. The van der Waals surface area contributed by atoms with Crippen molar-refractivity contribution >= 4 is 5.91 Å². The Labute approximate surface area is 98.8 Å².